The number of hydrogen-bond donors (Lipinski definition) is 1. The lowest BCUT2D eigenvalue weighted by Crippen LogP contribution is -2.22. The van der Waals surface area contributed by atoms with E-state index in [1.54, 1.807) is 6.07 Å². The van der Waals surface area contributed by atoms with Gasteiger partial charge in [-0.2, -0.15) is 0 Å². The highest BCUT2D eigenvalue weighted by Gasteiger charge is 2.27. The number of benzene rings is 3. The van der Waals surface area contributed by atoms with Gasteiger partial charge in [-0.3, -0.25) is 0 Å². The van der Waals surface area contributed by atoms with Crippen molar-refractivity contribution < 1.29 is 4.39 Å². The van der Waals surface area contributed by atoms with E-state index in [2.05, 4.69) is 44.3 Å². The molecule has 0 radical (unpaired) electrons. The van der Waals surface area contributed by atoms with Crippen LogP contribution >= 0.6 is 0 Å². The number of halogens is 1. The lowest BCUT2D eigenvalue weighted by molar-refractivity contribution is 0.404. The molecule has 0 saturated heterocycles. The molecular formula is C27H32FN. The summed E-state index contributed by atoms with van der Waals surface area (Å²) >= 11 is 0. The van der Waals surface area contributed by atoms with Crippen molar-refractivity contribution in [3.05, 3.63) is 78.1 Å². The van der Waals surface area contributed by atoms with Crippen LogP contribution in [0.3, 0.4) is 0 Å². The standard InChI is InChI=1S/C27H32FN/c1-5-7-17-27(3,6-2)24-18-21(14-16-26(24)29-4)22-13-15-23(25(28)19-22)20-11-9-8-10-12-20/h8-16,18-19,29H,5-7,17H2,1-4H3. The number of rotatable bonds is 8. The molecule has 0 heterocycles. The van der Waals surface area contributed by atoms with Crippen molar-refractivity contribution in [1.29, 1.82) is 0 Å². The molecule has 0 saturated carbocycles. The zero-order valence-corrected chi connectivity index (χ0v) is 18.1. The SMILES string of the molecule is CCCCC(C)(CC)c1cc(-c2ccc(-c3ccccc3)c(F)c2)ccc1NC. The van der Waals surface area contributed by atoms with Crippen LogP contribution in [0.15, 0.2) is 66.7 Å². The molecule has 0 aromatic heterocycles. The molecule has 0 aliphatic heterocycles. The predicted molar refractivity (Wildman–Crippen MR) is 124 cm³/mol. The molecule has 1 unspecified atom stereocenters. The molecule has 3 rings (SSSR count). The maximum atomic E-state index is 14.9. The number of unbranched alkanes of at least 4 members (excludes halogenated alkanes) is 1. The van der Waals surface area contributed by atoms with Crippen molar-refractivity contribution in [2.24, 2.45) is 0 Å². The van der Waals surface area contributed by atoms with Crippen molar-refractivity contribution in [3.8, 4) is 22.3 Å². The van der Waals surface area contributed by atoms with Crippen LogP contribution in [0.4, 0.5) is 10.1 Å². The minimum absolute atomic E-state index is 0.104. The van der Waals surface area contributed by atoms with Crippen molar-refractivity contribution in [2.45, 2.75) is 51.9 Å². The third kappa shape index (κ3) is 4.53. The summed E-state index contributed by atoms with van der Waals surface area (Å²) < 4.78 is 14.9. The molecule has 0 aliphatic rings. The molecule has 1 atom stereocenters. The van der Waals surface area contributed by atoms with E-state index in [1.165, 1.54) is 18.4 Å². The second kappa shape index (κ2) is 9.26. The number of nitrogens with one attached hydrogen (secondary N) is 1. The summed E-state index contributed by atoms with van der Waals surface area (Å²) in [6, 6.07) is 21.8. The van der Waals surface area contributed by atoms with Gasteiger partial charge in [-0.15, -0.1) is 0 Å². The lowest BCUT2D eigenvalue weighted by atomic mass is 9.74. The monoisotopic (exact) mass is 389 g/mol. The van der Waals surface area contributed by atoms with Gasteiger partial charge in [0, 0.05) is 18.3 Å². The van der Waals surface area contributed by atoms with E-state index in [0.717, 1.165) is 35.2 Å². The third-order valence-electron chi connectivity index (χ3n) is 6.19. The molecule has 3 aromatic carbocycles. The maximum Gasteiger partial charge on any atom is 0.131 e. The quantitative estimate of drug-likeness (QED) is 0.411. The van der Waals surface area contributed by atoms with Crippen LogP contribution in [0.2, 0.25) is 0 Å². The smallest absolute Gasteiger partial charge is 0.131 e. The lowest BCUT2D eigenvalue weighted by Gasteiger charge is -2.31. The summed E-state index contributed by atoms with van der Waals surface area (Å²) in [4.78, 5) is 0. The Balaban J connectivity index is 2.02. The normalized spacial score (nSPS) is 13.1. The van der Waals surface area contributed by atoms with Crippen LogP contribution < -0.4 is 5.32 Å². The fraction of sp³-hybridized carbons (Fsp3) is 0.333. The van der Waals surface area contributed by atoms with Gasteiger partial charge in [0.1, 0.15) is 5.82 Å². The van der Waals surface area contributed by atoms with Crippen LogP contribution in [-0.2, 0) is 5.41 Å². The molecule has 0 fully saturated rings. The summed E-state index contributed by atoms with van der Waals surface area (Å²) in [5.41, 5.74) is 6.11. The first-order valence-corrected chi connectivity index (χ1v) is 10.7. The predicted octanol–water partition coefficient (Wildman–Crippen LogP) is 8.06. The Kier molecular flexibility index (Phi) is 6.74. The Morgan fingerprint density at radius 1 is 0.862 bits per heavy atom. The van der Waals surface area contributed by atoms with Gasteiger partial charge in [-0.25, -0.2) is 4.39 Å². The van der Waals surface area contributed by atoms with Gasteiger partial charge in [0.05, 0.1) is 0 Å². The maximum absolute atomic E-state index is 14.9. The summed E-state index contributed by atoms with van der Waals surface area (Å²) in [5, 5.41) is 3.36. The highest BCUT2D eigenvalue weighted by molar-refractivity contribution is 5.73. The molecule has 0 aliphatic carbocycles. The third-order valence-corrected chi connectivity index (χ3v) is 6.19. The van der Waals surface area contributed by atoms with Gasteiger partial charge in [-0.1, -0.05) is 82.1 Å². The van der Waals surface area contributed by atoms with E-state index < -0.39 is 0 Å². The zero-order valence-electron chi connectivity index (χ0n) is 18.1. The molecular weight excluding hydrogens is 357 g/mol. The molecule has 152 valence electrons. The second-order valence-electron chi connectivity index (χ2n) is 8.09. The Morgan fingerprint density at radius 2 is 1.55 bits per heavy atom. The second-order valence-corrected chi connectivity index (χ2v) is 8.09. The van der Waals surface area contributed by atoms with E-state index in [4.69, 9.17) is 0 Å². The highest BCUT2D eigenvalue weighted by atomic mass is 19.1. The fourth-order valence-electron chi connectivity index (χ4n) is 4.06. The van der Waals surface area contributed by atoms with Crippen molar-refractivity contribution >= 4 is 5.69 Å². The summed E-state index contributed by atoms with van der Waals surface area (Å²) in [7, 11) is 1.97. The molecule has 3 aromatic rings. The van der Waals surface area contributed by atoms with Crippen LogP contribution in [0.5, 0.6) is 0 Å². The summed E-state index contributed by atoms with van der Waals surface area (Å²) in [6.07, 6.45) is 4.63. The van der Waals surface area contributed by atoms with Gasteiger partial charge >= 0.3 is 0 Å². The zero-order chi connectivity index (χ0) is 20.9. The van der Waals surface area contributed by atoms with E-state index in [0.29, 0.717) is 5.56 Å². The Morgan fingerprint density at radius 3 is 2.17 bits per heavy atom. The Labute approximate surface area is 175 Å². The summed E-state index contributed by atoms with van der Waals surface area (Å²) in [6.45, 7) is 6.85. The highest BCUT2D eigenvalue weighted by Crippen LogP contribution is 2.40. The molecule has 0 amide bonds. The topological polar surface area (TPSA) is 12.0 Å². The Hall–Kier alpha value is -2.61. The molecule has 2 heteroatoms. The van der Waals surface area contributed by atoms with Crippen molar-refractivity contribution in [1.82, 2.24) is 0 Å². The first-order chi connectivity index (χ1) is 14.0. The average molecular weight is 390 g/mol. The first-order valence-electron chi connectivity index (χ1n) is 10.7. The summed E-state index contributed by atoms with van der Waals surface area (Å²) in [5.74, 6) is -0.183. The average Bonchev–Trinajstić information content (AvgIpc) is 2.77. The number of anilines is 1. The molecule has 29 heavy (non-hydrogen) atoms. The molecule has 0 bridgehead atoms. The van der Waals surface area contributed by atoms with Crippen LogP contribution in [0.1, 0.15) is 52.0 Å². The van der Waals surface area contributed by atoms with Crippen LogP contribution in [-0.4, -0.2) is 7.05 Å². The number of hydrogen-bond acceptors (Lipinski definition) is 1. The van der Waals surface area contributed by atoms with E-state index in [1.807, 2.05) is 49.5 Å². The van der Waals surface area contributed by atoms with Gasteiger partial charge in [0.2, 0.25) is 0 Å². The van der Waals surface area contributed by atoms with Crippen LogP contribution in [0.25, 0.3) is 22.3 Å². The van der Waals surface area contributed by atoms with E-state index in [9.17, 15) is 4.39 Å². The minimum Gasteiger partial charge on any atom is -0.388 e. The van der Waals surface area contributed by atoms with Gasteiger partial charge in [0.25, 0.3) is 0 Å². The molecule has 0 spiro atoms. The van der Waals surface area contributed by atoms with Gasteiger partial charge in [-0.05, 0) is 58.7 Å². The molecule has 1 N–H and O–H groups in total. The minimum atomic E-state index is -0.183. The van der Waals surface area contributed by atoms with Crippen molar-refractivity contribution in [2.75, 3.05) is 12.4 Å². The largest absolute Gasteiger partial charge is 0.388 e. The van der Waals surface area contributed by atoms with Crippen LogP contribution in [0, 0.1) is 5.82 Å². The van der Waals surface area contributed by atoms with Gasteiger partial charge < -0.3 is 5.32 Å². The van der Waals surface area contributed by atoms with Crippen molar-refractivity contribution in [3.63, 3.8) is 0 Å². The van der Waals surface area contributed by atoms with Gasteiger partial charge in [0.15, 0.2) is 0 Å². The van der Waals surface area contributed by atoms with E-state index in [-0.39, 0.29) is 11.2 Å². The molecule has 1 nitrogen and oxygen atoms in total. The fourth-order valence-corrected chi connectivity index (χ4v) is 4.06. The van der Waals surface area contributed by atoms with E-state index >= 15 is 0 Å². The Bertz CT molecular complexity index is 948. The first kappa shape index (κ1) is 21.1.